The minimum absolute atomic E-state index is 0.786. The van der Waals surface area contributed by atoms with Crippen molar-refractivity contribution in [2.75, 3.05) is 26.4 Å². The molecule has 0 heterocycles. The van der Waals surface area contributed by atoms with Crippen LogP contribution in [0.15, 0.2) is 34.9 Å². The summed E-state index contributed by atoms with van der Waals surface area (Å²) in [5, 5.41) is 0. The SMILES string of the molecule is CCCCCCCCCCCCCCCCCCOC/C=C(\C)CC/C=C(\C)CCC=C(C)C.CCCCCCCCCCCCCCCCCCOCCC(C)CCCC(C)CCCC(C)C. The molecule has 0 saturated heterocycles. The summed E-state index contributed by atoms with van der Waals surface area (Å²) in [5.41, 5.74) is 4.40. The van der Waals surface area contributed by atoms with Crippen molar-refractivity contribution in [3.05, 3.63) is 34.9 Å². The van der Waals surface area contributed by atoms with E-state index >= 15 is 0 Å². The van der Waals surface area contributed by atoms with Gasteiger partial charge < -0.3 is 9.47 Å². The number of allylic oxidation sites excluding steroid dienone is 5. The summed E-state index contributed by atoms with van der Waals surface area (Å²) in [6.45, 7) is 26.7. The molecule has 0 spiro atoms. The van der Waals surface area contributed by atoms with Gasteiger partial charge in [-0.3, -0.25) is 0 Å². The third-order valence-corrected chi connectivity index (χ3v) is 14.6. The number of rotatable bonds is 53. The Kier molecular flexibility index (Phi) is 59.8. The van der Waals surface area contributed by atoms with Crippen molar-refractivity contribution in [2.24, 2.45) is 17.8 Å². The molecule has 0 fully saturated rings. The lowest BCUT2D eigenvalue weighted by Crippen LogP contribution is -2.04. The Hall–Kier alpha value is -0.860. The second kappa shape index (κ2) is 58.7. The molecular weight excluding hydrogens is 825 g/mol. The summed E-state index contributed by atoms with van der Waals surface area (Å²) in [6.07, 6.45) is 67.1. The van der Waals surface area contributed by atoms with Gasteiger partial charge in [-0.05, 0) is 90.4 Å². The zero-order chi connectivity index (χ0) is 50.2. The van der Waals surface area contributed by atoms with Crippen molar-refractivity contribution in [1.82, 2.24) is 0 Å². The Morgan fingerprint density at radius 2 is 0.647 bits per heavy atom. The average Bonchev–Trinajstić information content (AvgIpc) is 3.30. The number of hydrogen-bond acceptors (Lipinski definition) is 2. The molecule has 2 heteroatoms. The van der Waals surface area contributed by atoms with Gasteiger partial charge in [0.25, 0.3) is 0 Å². The molecule has 2 atom stereocenters. The van der Waals surface area contributed by atoms with E-state index in [4.69, 9.17) is 9.47 Å². The van der Waals surface area contributed by atoms with Gasteiger partial charge in [-0.2, -0.15) is 0 Å². The summed E-state index contributed by atoms with van der Waals surface area (Å²) >= 11 is 0. The summed E-state index contributed by atoms with van der Waals surface area (Å²) in [5.74, 6) is 2.61. The van der Waals surface area contributed by atoms with Crippen LogP contribution in [0.25, 0.3) is 0 Å². The molecule has 0 amide bonds. The van der Waals surface area contributed by atoms with Gasteiger partial charge in [0.2, 0.25) is 0 Å². The molecule has 2 nitrogen and oxygen atoms in total. The maximum absolute atomic E-state index is 5.93. The fourth-order valence-electron chi connectivity index (χ4n) is 9.49. The van der Waals surface area contributed by atoms with E-state index in [1.807, 2.05) is 0 Å². The number of unbranched alkanes of at least 4 members (excludes halogenated alkanes) is 30. The standard InChI is InChI=1S/C33H68O.C33H62O/c2*1-6-7-8-9-10-11-12-13-14-15-16-17-18-19-20-21-29-34-30-28-33(5)27-23-26-32(4)25-22-24-31(2)3/h31-33H,6-30H2,1-5H3;24,26,28H,6-23,25,27,29-30H2,1-5H3/b;32-26+,33-28+. The molecular formula is C66H130O2. The Morgan fingerprint density at radius 1 is 0.324 bits per heavy atom. The molecule has 0 aromatic heterocycles. The van der Waals surface area contributed by atoms with Crippen LogP contribution in [-0.4, -0.2) is 26.4 Å². The molecule has 0 aliphatic carbocycles. The van der Waals surface area contributed by atoms with Gasteiger partial charge >= 0.3 is 0 Å². The van der Waals surface area contributed by atoms with E-state index in [2.05, 4.69) is 87.5 Å². The smallest absolute Gasteiger partial charge is 0.0649 e. The van der Waals surface area contributed by atoms with E-state index in [1.54, 1.807) is 0 Å². The fraction of sp³-hybridized carbons (Fsp3) is 0.909. The van der Waals surface area contributed by atoms with Crippen LogP contribution in [0.2, 0.25) is 0 Å². The number of ether oxygens (including phenoxy) is 2. The maximum atomic E-state index is 5.93. The van der Waals surface area contributed by atoms with Gasteiger partial charge in [-0.1, -0.05) is 308 Å². The van der Waals surface area contributed by atoms with Crippen molar-refractivity contribution in [1.29, 1.82) is 0 Å². The summed E-state index contributed by atoms with van der Waals surface area (Å²) < 4.78 is 11.8. The second-order valence-electron chi connectivity index (χ2n) is 23.0. The largest absolute Gasteiger partial charge is 0.381 e. The van der Waals surface area contributed by atoms with Crippen LogP contribution in [0.4, 0.5) is 0 Å². The Bertz CT molecular complexity index is 1030. The summed E-state index contributed by atoms with van der Waals surface area (Å²) in [7, 11) is 0. The van der Waals surface area contributed by atoms with Gasteiger partial charge in [0.15, 0.2) is 0 Å². The van der Waals surface area contributed by atoms with Gasteiger partial charge in [-0.15, -0.1) is 0 Å². The van der Waals surface area contributed by atoms with Crippen molar-refractivity contribution in [3.63, 3.8) is 0 Å². The highest BCUT2D eigenvalue weighted by molar-refractivity contribution is 5.05. The molecule has 0 bridgehead atoms. The third-order valence-electron chi connectivity index (χ3n) is 14.6. The van der Waals surface area contributed by atoms with E-state index in [0.29, 0.717) is 0 Å². The normalized spacial score (nSPS) is 13.0. The molecule has 0 saturated carbocycles. The van der Waals surface area contributed by atoms with Crippen LogP contribution < -0.4 is 0 Å². The first-order valence-corrected chi connectivity index (χ1v) is 31.2. The van der Waals surface area contributed by atoms with Gasteiger partial charge in [0.1, 0.15) is 0 Å². The summed E-state index contributed by atoms with van der Waals surface area (Å²) in [6, 6.07) is 0. The van der Waals surface area contributed by atoms with Crippen LogP contribution in [0.1, 0.15) is 345 Å². The molecule has 0 N–H and O–H groups in total. The van der Waals surface area contributed by atoms with Crippen molar-refractivity contribution < 1.29 is 9.47 Å². The van der Waals surface area contributed by atoms with Crippen LogP contribution in [0.3, 0.4) is 0 Å². The quantitative estimate of drug-likeness (QED) is 0.0447. The molecule has 0 aliphatic heterocycles. The first-order valence-electron chi connectivity index (χ1n) is 31.2. The molecule has 0 aliphatic rings. The molecule has 68 heavy (non-hydrogen) atoms. The van der Waals surface area contributed by atoms with E-state index in [9.17, 15) is 0 Å². The van der Waals surface area contributed by atoms with E-state index < -0.39 is 0 Å². The van der Waals surface area contributed by atoms with Crippen LogP contribution in [0, 0.1) is 17.8 Å². The first-order chi connectivity index (χ1) is 33.1. The minimum Gasteiger partial charge on any atom is -0.381 e. The zero-order valence-corrected chi connectivity index (χ0v) is 49.0. The van der Waals surface area contributed by atoms with E-state index in [0.717, 1.165) is 57.0 Å². The van der Waals surface area contributed by atoms with Crippen LogP contribution >= 0.6 is 0 Å². The van der Waals surface area contributed by atoms with Gasteiger partial charge in [0, 0.05) is 19.8 Å². The molecule has 0 rings (SSSR count). The van der Waals surface area contributed by atoms with Gasteiger partial charge in [-0.25, -0.2) is 0 Å². The molecule has 2 unspecified atom stereocenters. The van der Waals surface area contributed by atoms with E-state index in [1.165, 1.54) is 280 Å². The second-order valence-corrected chi connectivity index (χ2v) is 23.0. The van der Waals surface area contributed by atoms with Crippen LogP contribution in [-0.2, 0) is 9.47 Å². The predicted molar refractivity (Wildman–Crippen MR) is 312 cm³/mol. The third kappa shape index (κ3) is 63.2. The predicted octanol–water partition coefficient (Wildman–Crippen LogP) is 23.6. The topological polar surface area (TPSA) is 18.5 Å². The molecule has 406 valence electrons. The van der Waals surface area contributed by atoms with Crippen LogP contribution in [0.5, 0.6) is 0 Å². The molecule has 0 radical (unpaired) electrons. The van der Waals surface area contributed by atoms with Gasteiger partial charge in [0.05, 0.1) is 6.61 Å². The highest BCUT2D eigenvalue weighted by atomic mass is 16.5. The maximum Gasteiger partial charge on any atom is 0.0649 e. The first kappa shape index (κ1) is 69.2. The summed E-state index contributed by atoms with van der Waals surface area (Å²) in [4.78, 5) is 0. The Morgan fingerprint density at radius 3 is 1.03 bits per heavy atom. The Balaban J connectivity index is 0. The average molecular weight is 956 g/mol. The van der Waals surface area contributed by atoms with Crippen molar-refractivity contribution in [3.8, 4) is 0 Å². The highest BCUT2D eigenvalue weighted by Crippen LogP contribution is 2.21. The van der Waals surface area contributed by atoms with E-state index in [-0.39, 0.29) is 0 Å². The minimum atomic E-state index is 0.786. The molecule has 0 aromatic carbocycles. The zero-order valence-electron chi connectivity index (χ0n) is 49.0. The lowest BCUT2D eigenvalue weighted by atomic mass is 9.93. The fourth-order valence-corrected chi connectivity index (χ4v) is 9.49. The lowest BCUT2D eigenvalue weighted by molar-refractivity contribution is 0.116. The molecule has 0 aromatic rings. The Labute approximate surface area is 432 Å². The highest BCUT2D eigenvalue weighted by Gasteiger charge is 2.07. The number of hydrogen-bond donors (Lipinski definition) is 0. The lowest BCUT2D eigenvalue weighted by Gasteiger charge is -2.15. The van der Waals surface area contributed by atoms with Crippen molar-refractivity contribution in [2.45, 2.75) is 345 Å². The monoisotopic (exact) mass is 955 g/mol. The van der Waals surface area contributed by atoms with Crippen molar-refractivity contribution >= 4 is 0 Å².